The number of nitrogen functional groups attached to an aromatic ring is 2. The summed E-state index contributed by atoms with van der Waals surface area (Å²) in [4.78, 5) is 18.9. The summed E-state index contributed by atoms with van der Waals surface area (Å²) < 4.78 is 150. The Hall–Kier alpha value is -8.25. The highest BCUT2D eigenvalue weighted by Crippen LogP contribution is 2.56. The first-order chi connectivity index (χ1) is 62.3. The number of hydrogen-bond donors (Lipinski definition) is 3. The highest BCUT2D eigenvalue weighted by atomic mass is 35.5. The number of ether oxygens (including phenoxy) is 10. The van der Waals surface area contributed by atoms with Crippen molar-refractivity contribution in [3.63, 3.8) is 0 Å². The molecule has 7 aromatic rings. The lowest BCUT2D eigenvalue weighted by Gasteiger charge is -2.29. The van der Waals surface area contributed by atoms with Crippen molar-refractivity contribution in [1.82, 2.24) is 29.2 Å². The van der Waals surface area contributed by atoms with Crippen molar-refractivity contribution in [3.05, 3.63) is 172 Å². The van der Waals surface area contributed by atoms with Gasteiger partial charge in [-0.3, -0.25) is 18.1 Å². The van der Waals surface area contributed by atoms with E-state index < -0.39 is 119 Å². The summed E-state index contributed by atoms with van der Waals surface area (Å²) >= 11 is 6.46. The van der Waals surface area contributed by atoms with Crippen molar-refractivity contribution in [3.8, 4) is 30.0 Å². The SMILES string of the molecule is CCCCCCCC/C=C\CCCCCCCCOC[C@H](COP(=O)(O)OC[C@H]1O[C@@](C#N)(c2ccc3c(N)ncnn23)[C@@H]2OC(C)(C)O[C@@H]21)OCc1cc(F)cc(C#N)c1.CCCCCCCC/C=C\CCCCCCCCOC[C@H](COP(=O)(OC[C@H]1O[C@@](C#N)(c2ccc3c(N)ncnn23)[C@@H]2OC(C)(C)O[C@@H]21)Oc1ccccc1Cl)OCc1cc(F)cc(C#N)c1. The third kappa shape index (κ3) is 30.9. The van der Waals surface area contributed by atoms with Crippen molar-refractivity contribution in [2.24, 2.45) is 0 Å². The number of nitriles is 4. The third-order valence-corrected chi connectivity index (χ3v) is 25.2. The molecule has 4 fully saturated rings. The van der Waals surface area contributed by atoms with E-state index in [9.17, 15) is 43.9 Å². The van der Waals surface area contributed by atoms with Gasteiger partial charge in [-0.2, -0.15) is 31.2 Å². The minimum Gasteiger partial charge on any atom is -0.402 e. The van der Waals surface area contributed by atoms with Gasteiger partial charge in [0, 0.05) is 13.2 Å². The van der Waals surface area contributed by atoms with Crippen molar-refractivity contribution in [2.75, 3.05) is 64.3 Å². The van der Waals surface area contributed by atoms with Crippen LogP contribution in [-0.2, 0) is 99.0 Å². The number of nitrogens with zero attached hydrogens (tertiary/aromatic N) is 10. The van der Waals surface area contributed by atoms with Crippen LogP contribution in [0.1, 0.15) is 255 Å². The zero-order valence-electron chi connectivity index (χ0n) is 75.1. The average molecular weight is 1850 g/mol. The number of halogens is 3. The van der Waals surface area contributed by atoms with Crippen molar-refractivity contribution in [1.29, 1.82) is 21.0 Å². The van der Waals surface area contributed by atoms with Gasteiger partial charge in [-0.1, -0.05) is 177 Å². The minimum atomic E-state index is -4.76. The largest absolute Gasteiger partial charge is 0.530 e. The van der Waals surface area contributed by atoms with E-state index in [1.165, 1.54) is 168 Å². The van der Waals surface area contributed by atoms with Gasteiger partial charge >= 0.3 is 15.6 Å². The number of anilines is 2. The molecule has 0 radical (unpaired) electrons. The van der Waals surface area contributed by atoms with Gasteiger partial charge in [0.05, 0.1) is 92.5 Å². The third-order valence-electron chi connectivity index (χ3n) is 22.6. The number of allylic oxidation sites excluding steroid dienone is 4. The maximum atomic E-state index is 14.8. The molecule has 2 unspecified atom stereocenters. The maximum absolute atomic E-state index is 14.8. The molecule has 4 aromatic heterocycles. The second-order valence-corrected chi connectivity index (χ2v) is 37.3. The summed E-state index contributed by atoms with van der Waals surface area (Å²) in [6.07, 6.45) is 37.7. The van der Waals surface area contributed by atoms with Crippen LogP contribution in [0.25, 0.3) is 11.0 Å². The van der Waals surface area contributed by atoms with Gasteiger partial charge in [-0.25, -0.2) is 36.9 Å². The predicted octanol–water partition coefficient (Wildman–Crippen LogP) is 20.2. The Morgan fingerprint density at radius 3 is 1.33 bits per heavy atom. The van der Waals surface area contributed by atoms with Crippen LogP contribution in [0.4, 0.5) is 20.4 Å². The van der Waals surface area contributed by atoms with Gasteiger partial charge < -0.3 is 68.3 Å². The molecule has 30 nitrogen and oxygen atoms in total. The quantitative estimate of drug-likeness (QED) is 0.0181. The molecule has 0 amide bonds. The Bertz CT molecular complexity index is 5000. The van der Waals surface area contributed by atoms with Crippen LogP contribution in [0, 0.1) is 57.0 Å². The Morgan fingerprint density at radius 2 is 0.915 bits per heavy atom. The Morgan fingerprint density at radius 1 is 0.512 bits per heavy atom. The number of phosphoric acid groups is 2. The number of hydrogen-bond acceptors (Lipinski definition) is 27. The fraction of sp³-hybridized carbons (Fsp3) is 0.596. The molecule has 0 bridgehead atoms. The van der Waals surface area contributed by atoms with Crippen LogP contribution in [-0.4, -0.2) is 147 Å². The average Bonchev–Trinajstić information content (AvgIpc) is 1.56. The van der Waals surface area contributed by atoms with Gasteiger partial charge in [0.2, 0.25) is 11.2 Å². The Kier molecular flexibility index (Phi) is 41.2. The van der Waals surface area contributed by atoms with Gasteiger partial charge in [0.1, 0.15) is 102 Å². The number of fused-ring (bicyclic) bond motifs is 4. The van der Waals surface area contributed by atoms with E-state index in [0.29, 0.717) is 46.8 Å². The lowest BCUT2D eigenvalue weighted by molar-refractivity contribution is -0.204. The molecule has 4 saturated heterocycles. The molecular formula is C94H127ClF2N12O18P2. The minimum absolute atomic E-state index is 0.0186. The number of para-hydroxylation sites is 1. The lowest BCUT2D eigenvalue weighted by atomic mass is 9.92. The first-order valence-electron chi connectivity index (χ1n) is 45.4. The van der Waals surface area contributed by atoms with Crippen LogP contribution >= 0.6 is 27.2 Å². The zero-order chi connectivity index (χ0) is 92.1. The number of phosphoric ester groups is 2. The fourth-order valence-electron chi connectivity index (χ4n) is 16.0. The lowest BCUT2D eigenvalue weighted by Crippen LogP contribution is -2.40. The molecular weight excluding hydrogens is 1720 g/mol. The first-order valence-corrected chi connectivity index (χ1v) is 48.7. The molecule has 12 atom stereocenters. The monoisotopic (exact) mass is 1850 g/mol. The molecule has 129 heavy (non-hydrogen) atoms. The molecule has 0 saturated carbocycles. The van der Waals surface area contributed by atoms with E-state index in [-0.39, 0.29) is 66.6 Å². The van der Waals surface area contributed by atoms with E-state index in [2.05, 4.69) is 70.5 Å². The second kappa shape index (κ2) is 51.7. The number of rotatable bonds is 58. The summed E-state index contributed by atoms with van der Waals surface area (Å²) in [6, 6.07) is 29.2. The van der Waals surface area contributed by atoms with Crippen molar-refractivity contribution < 1.29 is 92.8 Å². The van der Waals surface area contributed by atoms with Gasteiger partial charge in [0.25, 0.3) is 0 Å². The van der Waals surface area contributed by atoms with Gasteiger partial charge in [0.15, 0.2) is 23.2 Å². The molecule has 4 aliphatic heterocycles. The fourth-order valence-corrected chi connectivity index (χ4v) is 18.3. The first kappa shape index (κ1) is 103. The Balaban J connectivity index is 0.000000270. The zero-order valence-corrected chi connectivity index (χ0v) is 77.6. The van der Waals surface area contributed by atoms with Gasteiger partial charge in [-0.15, -0.1) is 0 Å². The normalized spacial score (nSPS) is 21.7. The van der Waals surface area contributed by atoms with Crippen molar-refractivity contribution >= 4 is 49.9 Å². The Labute approximate surface area is 761 Å². The van der Waals surface area contributed by atoms with E-state index >= 15 is 0 Å². The van der Waals surface area contributed by atoms with Crippen LogP contribution in [0.5, 0.6) is 5.75 Å². The highest BCUT2D eigenvalue weighted by molar-refractivity contribution is 7.49. The van der Waals surface area contributed by atoms with E-state index in [0.717, 1.165) is 76.3 Å². The summed E-state index contributed by atoms with van der Waals surface area (Å²) in [5.41, 5.74) is 11.2. The van der Waals surface area contributed by atoms with Crippen molar-refractivity contribution in [2.45, 2.75) is 306 Å². The van der Waals surface area contributed by atoms with E-state index in [4.69, 9.17) is 93.1 Å². The molecule has 0 spiro atoms. The number of benzene rings is 3. The van der Waals surface area contributed by atoms with Gasteiger partial charge in [-0.05, 0) is 176 Å². The summed E-state index contributed by atoms with van der Waals surface area (Å²) in [5, 5.41) is 48.9. The molecule has 3 aromatic carbocycles. The molecule has 0 aliphatic carbocycles. The molecule has 4 aliphatic rings. The second-order valence-electron chi connectivity index (χ2n) is 33.8. The summed E-state index contributed by atoms with van der Waals surface area (Å²) in [6.45, 7) is 10.3. The highest BCUT2D eigenvalue weighted by Gasteiger charge is 2.67. The molecule has 11 rings (SSSR count). The van der Waals surface area contributed by atoms with Crippen LogP contribution in [0.15, 0.2) is 122 Å². The van der Waals surface area contributed by atoms with E-state index in [1.54, 1.807) is 70.2 Å². The standard InChI is InChI=1S/C50H65ClFN6O9P.C44H62FN6O9P/c1-4-5-6-7-8-9-10-11-12-13-14-15-16-17-18-21-26-60-32-40(61-31-38-27-37(30-53)28-39(52)29-38)33-62-68(59,67-43-23-20-19-22-41(43)51)63-34-44-46-47(66-49(2,3)65-46)50(35-54,64-44)45-25-24-42-48(55)56-36-57-58(42)45;1-4-5-6-7-8-9-10-11-12-13-14-15-16-17-18-19-22-54-28-36(55-27-34-23-33(26-46)24-35(45)25-34)29-56-61(52,53)57-30-38-40-41(60-43(2,3)59-40)44(31-47,58-38)39-21-20-37-42(48)49-32-50-51(37)39/h11-12,19-20,22-25,27-29,36,40,44,46-47H,4-10,13-18,21,26,31-34H2,1-3H3,(H2,55,56,57);11-12,20-21,23-25,32,36,38,40-41H,4-10,13-19,22,27-30H2,1-3H3,(H,52,53)(H2,48,49,50)/b2*12-11-/t40-,44-,46-,47-,50+,68?;36-,38-,40-,41-,44+/m11/s1. The summed E-state index contributed by atoms with van der Waals surface area (Å²) in [5.74, 6) is -3.03. The number of aromatic nitrogens is 6. The molecule has 35 heteroatoms. The summed E-state index contributed by atoms with van der Waals surface area (Å²) in [7, 11) is -9.39. The van der Waals surface area contributed by atoms with Crippen LogP contribution in [0.2, 0.25) is 5.02 Å². The topological polar surface area (TPSA) is 400 Å². The molecule has 702 valence electrons. The predicted molar refractivity (Wildman–Crippen MR) is 480 cm³/mol. The maximum Gasteiger partial charge on any atom is 0.530 e. The van der Waals surface area contributed by atoms with Crippen LogP contribution in [0.3, 0.4) is 0 Å². The van der Waals surface area contributed by atoms with E-state index in [1.807, 2.05) is 12.1 Å². The number of nitrogens with two attached hydrogens (primary N) is 2. The molecule has 5 N–H and O–H groups in total. The smallest absolute Gasteiger partial charge is 0.402 e. The number of unbranched alkanes of at least 4 members (excludes halogenated alkanes) is 24. The molecule has 8 heterocycles. The van der Waals surface area contributed by atoms with Crippen LogP contribution < -0.4 is 16.0 Å².